The molecule has 0 radical (unpaired) electrons. The summed E-state index contributed by atoms with van der Waals surface area (Å²) in [6.07, 6.45) is 1.41. The quantitative estimate of drug-likeness (QED) is 0.773. The smallest absolute Gasteiger partial charge is 0.0941 e. The molecule has 0 saturated heterocycles. The number of hydrogen-bond donors (Lipinski definition) is 1. The summed E-state index contributed by atoms with van der Waals surface area (Å²) in [5.41, 5.74) is 1.05. The van der Waals surface area contributed by atoms with Crippen molar-refractivity contribution in [2.45, 2.75) is 19.6 Å². The number of aromatic nitrogens is 2. The molecule has 1 atom stereocenters. The minimum atomic E-state index is -0.414. The van der Waals surface area contributed by atoms with Crippen molar-refractivity contribution in [1.29, 1.82) is 0 Å². The summed E-state index contributed by atoms with van der Waals surface area (Å²) in [4.78, 5) is 0. The first-order chi connectivity index (χ1) is 8.15. The maximum absolute atomic E-state index is 9.48. The maximum atomic E-state index is 9.48. The number of nitrogens with zero attached hydrogens (tertiary/aromatic N) is 2. The van der Waals surface area contributed by atoms with Crippen LogP contribution in [0.15, 0.2) is 24.4 Å². The fraction of sp³-hybridized carbons (Fsp3) is 0.250. The second-order valence-corrected chi connectivity index (χ2v) is 5.86. The van der Waals surface area contributed by atoms with Crippen LogP contribution in [0.1, 0.15) is 6.92 Å². The van der Waals surface area contributed by atoms with Crippen LogP contribution in [-0.4, -0.2) is 21.0 Å². The molecule has 88 valence electrons. The average molecular weight is 267 g/mol. The second-order valence-electron chi connectivity index (χ2n) is 4.14. The third kappa shape index (κ3) is 1.82. The first kappa shape index (κ1) is 11.0. The summed E-state index contributed by atoms with van der Waals surface area (Å²) in [5, 5.41) is 16.0. The van der Waals surface area contributed by atoms with E-state index in [0.717, 1.165) is 25.3 Å². The molecule has 0 aliphatic rings. The third-order valence-corrected chi connectivity index (χ3v) is 3.93. The molecule has 0 saturated carbocycles. The number of thiophene rings is 1. The van der Waals surface area contributed by atoms with E-state index in [9.17, 15) is 5.11 Å². The lowest BCUT2D eigenvalue weighted by Crippen LogP contribution is -2.12. The zero-order valence-electron chi connectivity index (χ0n) is 9.22. The van der Waals surface area contributed by atoms with Gasteiger partial charge in [0, 0.05) is 15.5 Å². The summed E-state index contributed by atoms with van der Waals surface area (Å²) < 4.78 is 3.76. The highest BCUT2D eigenvalue weighted by atomic mass is 35.5. The van der Waals surface area contributed by atoms with Crippen molar-refractivity contribution in [2.75, 3.05) is 0 Å². The van der Waals surface area contributed by atoms with Crippen molar-refractivity contribution < 1.29 is 5.11 Å². The minimum absolute atomic E-state index is 0.414. The summed E-state index contributed by atoms with van der Waals surface area (Å²) in [6.45, 7) is 2.25. The van der Waals surface area contributed by atoms with Crippen LogP contribution in [0, 0.1) is 0 Å². The molecule has 5 heteroatoms. The van der Waals surface area contributed by atoms with Crippen LogP contribution in [0.3, 0.4) is 0 Å². The van der Waals surface area contributed by atoms with Crippen molar-refractivity contribution in [3.8, 4) is 0 Å². The standard InChI is InChI=1S/C12H11ClN2OS/c1-7(16)6-15-12-8(5-14-15)2-3-10-9(12)4-11(13)17-10/h2-5,7,16H,6H2,1H3/t7-/m1/s1. The Morgan fingerprint density at radius 1 is 1.53 bits per heavy atom. The van der Waals surface area contributed by atoms with E-state index in [-0.39, 0.29) is 0 Å². The van der Waals surface area contributed by atoms with Gasteiger partial charge in [0.25, 0.3) is 0 Å². The molecule has 0 fully saturated rings. The van der Waals surface area contributed by atoms with Gasteiger partial charge in [-0.1, -0.05) is 11.6 Å². The Bertz CT molecular complexity index is 686. The summed E-state index contributed by atoms with van der Waals surface area (Å²) in [5.74, 6) is 0. The van der Waals surface area contributed by atoms with E-state index in [1.165, 1.54) is 0 Å². The van der Waals surface area contributed by atoms with Gasteiger partial charge in [-0.2, -0.15) is 5.10 Å². The SMILES string of the molecule is C[C@@H](O)Cn1ncc2ccc3sc(Cl)cc3c21. The van der Waals surface area contributed by atoms with Crippen LogP contribution in [-0.2, 0) is 6.54 Å². The van der Waals surface area contributed by atoms with Crippen LogP contribution in [0.5, 0.6) is 0 Å². The average Bonchev–Trinajstić information content (AvgIpc) is 2.79. The predicted molar refractivity (Wildman–Crippen MR) is 71.8 cm³/mol. The lowest BCUT2D eigenvalue weighted by molar-refractivity contribution is 0.170. The molecule has 2 aromatic heterocycles. The first-order valence-corrected chi connectivity index (χ1v) is 6.56. The Labute approximate surface area is 107 Å². The predicted octanol–water partition coefficient (Wildman–Crippen LogP) is 3.29. The number of benzene rings is 1. The molecular formula is C12H11ClN2OS. The summed E-state index contributed by atoms with van der Waals surface area (Å²) >= 11 is 7.61. The van der Waals surface area contributed by atoms with Gasteiger partial charge in [0.1, 0.15) is 0 Å². The van der Waals surface area contributed by atoms with Gasteiger partial charge in [-0.05, 0) is 25.1 Å². The molecule has 0 aliphatic carbocycles. The van der Waals surface area contributed by atoms with Crippen LogP contribution in [0.4, 0.5) is 0 Å². The number of halogens is 1. The molecule has 3 nitrogen and oxygen atoms in total. The Morgan fingerprint density at radius 2 is 2.35 bits per heavy atom. The number of aliphatic hydroxyl groups excluding tert-OH is 1. The van der Waals surface area contributed by atoms with Gasteiger partial charge in [0.05, 0.1) is 28.7 Å². The van der Waals surface area contributed by atoms with E-state index in [0.29, 0.717) is 6.54 Å². The Kier molecular flexibility index (Phi) is 2.58. The van der Waals surface area contributed by atoms with Crippen molar-refractivity contribution in [3.63, 3.8) is 0 Å². The van der Waals surface area contributed by atoms with Crippen LogP contribution in [0.2, 0.25) is 4.34 Å². The monoisotopic (exact) mass is 266 g/mol. The maximum Gasteiger partial charge on any atom is 0.0941 e. The van der Waals surface area contributed by atoms with Gasteiger partial charge >= 0.3 is 0 Å². The number of aliphatic hydroxyl groups is 1. The van der Waals surface area contributed by atoms with Gasteiger partial charge < -0.3 is 5.11 Å². The molecule has 0 bridgehead atoms. The largest absolute Gasteiger partial charge is 0.391 e. The van der Waals surface area contributed by atoms with E-state index in [1.54, 1.807) is 18.3 Å². The van der Waals surface area contributed by atoms with Crippen molar-refractivity contribution in [1.82, 2.24) is 9.78 Å². The molecule has 0 unspecified atom stereocenters. The molecule has 17 heavy (non-hydrogen) atoms. The lowest BCUT2D eigenvalue weighted by Gasteiger charge is -2.06. The van der Waals surface area contributed by atoms with Crippen LogP contribution >= 0.6 is 22.9 Å². The third-order valence-electron chi connectivity index (χ3n) is 2.71. The number of rotatable bonds is 2. The molecule has 0 aliphatic heterocycles. The second kappa shape index (κ2) is 3.98. The zero-order valence-corrected chi connectivity index (χ0v) is 10.8. The molecule has 0 amide bonds. The van der Waals surface area contributed by atoms with E-state index < -0.39 is 6.10 Å². The summed E-state index contributed by atoms with van der Waals surface area (Å²) in [7, 11) is 0. The van der Waals surface area contributed by atoms with Crippen molar-refractivity contribution in [3.05, 3.63) is 28.7 Å². The normalized spacial score (nSPS) is 13.6. The van der Waals surface area contributed by atoms with Gasteiger partial charge in [0.15, 0.2) is 0 Å². The highest BCUT2D eigenvalue weighted by Crippen LogP contribution is 2.34. The van der Waals surface area contributed by atoms with Crippen molar-refractivity contribution >= 4 is 43.9 Å². The molecule has 3 aromatic rings. The lowest BCUT2D eigenvalue weighted by atomic mass is 10.2. The van der Waals surface area contributed by atoms with Crippen LogP contribution < -0.4 is 0 Å². The molecule has 1 aromatic carbocycles. The van der Waals surface area contributed by atoms with E-state index in [4.69, 9.17) is 11.6 Å². The Hall–Kier alpha value is -1.10. The zero-order chi connectivity index (χ0) is 12.0. The highest BCUT2D eigenvalue weighted by molar-refractivity contribution is 7.22. The molecular weight excluding hydrogens is 256 g/mol. The highest BCUT2D eigenvalue weighted by Gasteiger charge is 2.11. The fourth-order valence-corrected chi connectivity index (χ4v) is 3.20. The number of hydrogen-bond acceptors (Lipinski definition) is 3. The number of fused-ring (bicyclic) bond motifs is 3. The van der Waals surface area contributed by atoms with Gasteiger partial charge in [-0.3, -0.25) is 4.68 Å². The molecule has 1 N–H and O–H groups in total. The summed E-state index contributed by atoms with van der Waals surface area (Å²) in [6, 6.07) is 6.06. The van der Waals surface area contributed by atoms with Crippen LogP contribution in [0.25, 0.3) is 21.0 Å². The van der Waals surface area contributed by atoms with Crippen molar-refractivity contribution in [2.24, 2.45) is 0 Å². The minimum Gasteiger partial charge on any atom is -0.391 e. The topological polar surface area (TPSA) is 38.0 Å². The fourth-order valence-electron chi connectivity index (χ4n) is 2.05. The van der Waals surface area contributed by atoms with Gasteiger partial charge in [-0.15, -0.1) is 11.3 Å². The van der Waals surface area contributed by atoms with E-state index in [1.807, 2.05) is 23.0 Å². The Balaban J connectivity index is 2.33. The van der Waals surface area contributed by atoms with E-state index in [2.05, 4.69) is 11.2 Å². The molecule has 0 spiro atoms. The Morgan fingerprint density at radius 3 is 3.12 bits per heavy atom. The molecule has 2 heterocycles. The van der Waals surface area contributed by atoms with Gasteiger partial charge in [0.2, 0.25) is 0 Å². The first-order valence-electron chi connectivity index (χ1n) is 5.37. The van der Waals surface area contributed by atoms with Gasteiger partial charge in [-0.25, -0.2) is 0 Å². The van der Waals surface area contributed by atoms with E-state index >= 15 is 0 Å². The molecule has 3 rings (SSSR count).